The van der Waals surface area contributed by atoms with Crippen molar-refractivity contribution in [3.05, 3.63) is 29.3 Å². The van der Waals surface area contributed by atoms with E-state index in [1.807, 2.05) is 32.0 Å². The minimum absolute atomic E-state index is 0.0180. The Morgan fingerprint density at radius 2 is 1.89 bits per heavy atom. The van der Waals surface area contributed by atoms with Crippen molar-refractivity contribution in [2.24, 2.45) is 0 Å². The van der Waals surface area contributed by atoms with Crippen molar-refractivity contribution >= 4 is 17.5 Å². The van der Waals surface area contributed by atoms with Crippen LogP contribution < -0.4 is 10.6 Å². The summed E-state index contributed by atoms with van der Waals surface area (Å²) in [6, 6.07) is 5.93. The van der Waals surface area contributed by atoms with E-state index in [-0.39, 0.29) is 18.4 Å². The van der Waals surface area contributed by atoms with Crippen LogP contribution in [0.25, 0.3) is 0 Å². The first-order valence-electron chi connectivity index (χ1n) is 6.23. The summed E-state index contributed by atoms with van der Waals surface area (Å²) in [7, 11) is 0. The van der Waals surface area contributed by atoms with Crippen LogP contribution in [0.4, 0.5) is 5.69 Å². The van der Waals surface area contributed by atoms with Crippen LogP contribution in [0.15, 0.2) is 18.2 Å². The number of carbonyl (C=O) groups excluding carboxylic acids is 2. The molecule has 0 aliphatic rings. The third-order valence-corrected chi connectivity index (χ3v) is 2.77. The van der Waals surface area contributed by atoms with E-state index in [0.29, 0.717) is 6.42 Å². The molecule has 0 saturated heterocycles. The predicted molar refractivity (Wildman–Crippen MR) is 72.5 cm³/mol. The number of rotatable bonds is 5. The van der Waals surface area contributed by atoms with E-state index >= 15 is 0 Å². The molecule has 0 spiro atoms. The summed E-state index contributed by atoms with van der Waals surface area (Å²) >= 11 is 0. The van der Waals surface area contributed by atoms with Gasteiger partial charge in [0.25, 0.3) is 0 Å². The molecule has 0 atom stereocenters. The van der Waals surface area contributed by atoms with Gasteiger partial charge < -0.3 is 10.6 Å². The molecule has 0 aliphatic carbocycles. The van der Waals surface area contributed by atoms with Crippen molar-refractivity contribution < 1.29 is 9.59 Å². The van der Waals surface area contributed by atoms with E-state index in [0.717, 1.165) is 23.2 Å². The lowest BCUT2D eigenvalue weighted by atomic mass is 10.1. The smallest absolute Gasteiger partial charge is 0.243 e. The highest BCUT2D eigenvalue weighted by molar-refractivity contribution is 5.95. The third kappa shape index (κ3) is 3.87. The lowest BCUT2D eigenvalue weighted by molar-refractivity contribution is -0.123. The molecule has 0 aromatic heterocycles. The maximum Gasteiger partial charge on any atom is 0.243 e. The quantitative estimate of drug-likeness (QED) is 0.837. The minimum Gasteiger partial charge on any atom is -0.347 e. The number of carbonyl (C=O) groups is 2. The number of benzene rings is 1. The van der Waals surface area contributed by atoms with Crippen LogP contribution in [-0.2, 0) is 16.0 Å². The number of hydrogen-bond acceptors (Lipinski definition) is 2. The summed E-state index contributed by atoms with van der Waals surface area (Å²) in [5.74, 6) is -0.313. The largest absolute Gasteiger partial charge is 0.347 e. The molecule has 0 radical (unpaired) electrons. The molecule has 2 N–H and O–H groups in total. The topological polar surface area (TPSA) is 58.2 Å². The maximum absolute atomic E-state index is 11.7. The van der Waals surface area contributed by atoms with E-state index in [1.165, 1.54) is 0 Å². The molecule has 98 valence electrons. The van der Waals surface area contributed by atoms with Gasteiger partial charge in [0, 0.05) is 12.1 Å². The lowest BCUT2D eigenvalue weighted by Crippen LogP contribution is -2.32. The second-order valence-electron chi connectivity index (χ2n) is 4.14. The van der Waals surface area contributed by atoms with E-state index in [2.05, 4.69) is 10.6 Å². The second-order valence-corrected chi connectivity index (χ2v) is 4.14. The van der Waals surface area contributed by atoms with E-state index in [9.17, 15) is 9.59 Å². The predicted octanol–water partition coefficient (Wildman–Crippen LogP) is 2.02. The number of nitrogens with one attached hydrogen (secondary N) is 2. The molecule has 1 aromatic carbocycles. The van der Waals surface area contributed by atoms with Gasteiger partial charge in [-0.05, 0) is 24.5 Å². The summed E-state index contributed by atoms with van der Waals surface area (Å²) in [4.78, 5) is 22.8. The van der Waals surface area contributed by atoms with Crippen LogP contribution in [0.5, 0.6) is 0 Å². The van der Waals surface area contributed by atoms with Crippen LogP contribution in [0, 0.1) is 6.92 Å². The Balaban J connectivity index is 2.67. The van der Waals surface area contributed by atoms with E-state index in [4.69, 9.17) is 0 Å². The van der Waals surface area contributed by atoms with Gasteiger partial charge in [-0.3, -0.25) is 9.59 Å². The minimum atomic E-state index is -0.194. The van der Waals surface area contributed by atoms with Crippen LogP contribution in [-0.4, -0.2) is 18.4 Å². The normalized spacial score (nSPS) is 9.94. The molecule has 0 unspecified atom stereocenters. The number of para-hydroxylation sites is 1. The average molecular weight is 248 g/mol. The van der Waals surface area contributed by atoms with Crippen molar-refractivity contribution in [1.29, 1.82) is 0 Å². The molecule has 2 amide bonds. The molecule has 1 rings (SSSR count). The van der Waals surface area contributed by atoms with Crippen LogP contribution >= 0.6 is 0 Å². The first-order valence-corrected chi connectivity index (χ1v) is 6.23. The highest BCUT2D eigenvalue weighted by atomic mass is 16.2. The standard InChI is InChI=1S/C14H20N2O2/c1-4-11-8-6-7-10(3)14(11)16-13(18)9-15-12(17)5-2/h6-8H,4-5,9H2,1-3H3,(H,15,17)(H,16,18). The summed E-state index contributed by atoms with van der Waals surface area (Å²) in [6.07, 6.45) is 1.25. The zero-order valence-corrected chi connectivity index (χ0v) is 11.2. The van der Waals surface area contributed by atoms with E-state index < -0.39 is 0 Å². The molecule has 4 heteroatoms. The van der Waals surface area contributed by atoms with Gasteiger partial charge in [0.1, 0.15) is 0 Å². The zero-order chi connectivity index (χ0) is 13.5. The Labute approximate surface area is 108 Å². The number of aryl methyl sites for hydroxylation is 2. The summed E-state index contributed by atoms with van der Waals surface area (Å²) in [5, 5.41) is 5.41. The lowest BCUT2D eigenvalue weighted by Gasteiger charge is -2.13. The van der Waals surface area contributed by atoms with Gasteiger partial charge in [0.05, 0.1) is 6.54 Å². The fourth-order valence-electron chi connectivity index (χ4n) is 1.69. The van der Waals surface area contributed by atoms with Crippen molar-refractivity contribution in [1.82, 2.24) is 5.32 Å². The zero-order valence-electron chi connectivity index (χ0n) is 11.2. The second kappa shape index (κ2) is 6.79. The first kappa shape index (κ1) is 14.2. The molecule has 18 heavy (non-hydrogen) atoms. The highest BCUT2D eigenvalue weighted by Gasteiger charge is 2.09. The molecule has 0 aliphatic heterocycles. The van der Waals surface area contributed by atoms with Crippen molar-refractivity contribution in [3.63, 3.8) is 0 Å². The van der Waals surface area contributed by atoms with Gasteiger partial charge >= 0.3 is 0 Å². The summed E-state index contributed by atoms with van der Waals surface area (Å²) in [5.41, 5.74) is 2.99. The maximum atomic E-state index is 11.7. The Kier molecular flexibility index (Phi) is 5.36. The Hall–Kier alpha value is -1.84. The molecule has 1 aromatic rings. The van der Waals surface area contributed by atoms with Crippen LogP contribution in [0.3, 0.4) is 0 Å². The fourth-order valence-corrected chi connectivity index (χ4v) is 1.69. The average Bonchev–Trinajstić information content (AvgIpc) is 2.38. The summed E-state index contributed by atoms with van der Waals surface area (Å²) < 4.78 is 0. The van der Waals surface area contributed by atoms with Gasteiger partial charge in [0.2, 0.25) is 11.8 Å². The number of anilines is 1. The Morgan fingerprint density at radius 1 is 1.17 bits per heavy atom. The van der Waals surface area contributed by atoms with Crippen LogP contribution in [0.2, 0.25) is 0 Å². The Morgan fingerprint density at radius 3 is 2.50 bits per heavy atom. The molecule has 4 nitrogen and oxygen atoms in total. The van der Waals surface area contributed by atoms with Gasteiger partial charge in [-0.15, -0.1) is 0 Å². The number of hydrogen-bond donors (Lipinski definition) is 2. The number of amides is 2. The van der Waals surface area contributed by atoms with Gasteiger partial charge in [-0.25, -0.2) is 0 Å². The van der Waals surface area contributed by atoms with Gasteiger partial charge in [-0.2, -0.15) is 0 Å². The molecular weight excluding hydrogens is 228 g/mol. The SMILES string of the molecule is CCC(=O)NCC(=O)Nc1c(C)cccc1CC. The molecule has 0 bridgehead atoms. The van der Waals surface area contributed by atoms with E-state index in [1.54, 1.807) is 6.92 Å². The third-order valence-electron chi connectivity index (χ3n) is 2.77. The van der Waals surface area contributed by atoms with Gasteiger partial charge in [0.15, 0.2) is 0 Å². The fraction of sp³-hybridized carbons (Fsp3) is 0.429. The van der Waals surface area contributed by atoms with Crippen LogP contribution in [0.1, 0.15) is 31.4 Å². The molecular formula is C14H20N2O2. The molecule has 0 heterocycles. The molecule has 0 fully saturated rings. The monoisotopic (exact) mass is 248 g/mol. The van der Waals surface area contributed by atoms with Crippen molar-refractivity contribution in [2.45, 2.75) is 33.6 Å². The van der Waals surface area contributed by atoms with Gasteiger partial charge in [-0.1, -0.05) is 32.0 Å². The van der Waals surface area contributed by atoms with Crippen molar-refractivity contribution in [2.75, 3.05) is 11.9 Å². The summed E-state index contributed by atoms with van der Waals surface area (Å²) in [6.45, 7) is 5.77. The first-order chi connectivity index (χ1) is 8.58. The Bertz CT molecular complexity index is 441. The van der Waals surface area contributed by atoms with Crippen molar-refractivity contribution in [3.8, 4) is 0 Å². The highest BCUT2D eigenvalue weighted by Crippen LogP contribution is 2.20. The molecule has 0 saturated carbocycles.